The van der Waals surface area contributed by atoms with E-state index in [2.05, 4.69) is 15.5 Å². The summed E-state index contributed by atoms with van der Waals surface area (Å²) in [5.41, 5.74) is 0.651. The van der Waals surface area contributed by atoms with E-state index in [9.17, 15) is 9.18 Å². The summed E-state index contributed by atoms with van der Waals surface area (Å²) in [6.45, 7) is 4.43. The fourth-order valence-electron chi connectivity index (χ4n) is 1.92. The molecule has 7 heteroatoms. The minimum atomic E-state index is -0.409. The Morgan fingerprint density at radius 1 is 1.41 bits per heavy atom. The van der Waals surface area contributed by atoms with Crippen molar-refractivity contribution in [2.24, 2.45) is 0 Å². The molecule has 2 aromatic rings. The van der Waals surface area contributed by atoms with Crippen LogP contribution >= 0.6 is 0 Å². The number of aromatic nitrogens is 2. The maximum absolute atomic E-state index is 12.9. The second-order valence-electron chi connectivity index (χ2n) is 5.06. The van der Waals surface area contributed by atoms with E-state index < -0.39 is 6.04 Å². The molecule has 1 unspecified atom stereocenters. The lowest BCUT2D eigenvalue weighted by Crippen LogP contribution is -2.39. The summed E-state index contributed by atoms with van der Waals surface area (Å²) < 4.78 is 18.1. The summed E-state index contributed by atoms with van der Waals surface area (Å²) in [5, 5.41) is 6.64. The highest BCUT2D eigenvalue weighted by Crippen LogP contribution is 2.19. The van der Waals surface area contributed by atoms with E-state index in [1.54, 1.807) is 31.0 Å². The van der Waals surface area contributed by atoms with Crippen molar-refractivity contribution >= 4 is 6.03 Å². The molecular weight excluding hydrogens is 287 g/mol. The first-order chi connectivity index (χ1) is 10.5. The third kappa shape index (κ3) is 3.81. The number of rotatable bonds is 5. The molecule has 22 heavy (non-hydrogen) atoms. The summed E-state index contributed by atoms with van der Waals surface area (Å²) in [6.07, 6.45) is 0.883. The molecule has 1 heterocycles. The van der Waals surface area contributed by atoms with Crippen LogP contribution in [0, 0.1) is 5.82 Å². The molecule has 0 aliphatic heterocycles. The Morgan fingerprint density at radius 2 is 2.09 bits per heavy atom. The van der Waals surface area contributed by atoms with Gasteiger partial charge in [-0.15, -0.1) is 0 Å². The van der Waals surface area contributed by atoms with Crippen molar-refractivity contribution < 1.29 is 13.7 Å². The predicted octanol–water partition coefficient (Wildman–Crippen LogP) is 2.99. The molecule has 118 valence electrons. The molecule has 6 nitrogen and oxygen atoms in total. The fourth-order valence-corrected chi connectivity index (χ4v) is 1.92. The second kappa shape index (κ2) is 7.02. The number of halogens is 1. The lowest BCUT2D eigenvalue weighted by Gasteiger charge is -2.18. The average molecular weight is 306 g/mol. The number of amides is 2. The largest absolute Gasteiger partial charge is 0.337 e. The van der Waals surface area contributed by atoms with Gasteiger partial charge >= 0.3 is 6.03 Å². The van der Waals surface area contributed by atoms with E-state index in [0.717, 1.165) is 6.42 Å². The number of hydrogen-bond donors (Lipinski definition) is 1. The van der Waals surface area contributed by atoms with Crippen LogP contribution < -0.4 is 5.32 Å². The maximum Gasteiger partial charge on any atom is 0.317 e. The molecule has 0 aliphatic rings. The summed E-state index contributed by atoms with van der Waals surface area (Å²) in [6, 6.07) is 5.20. The molecule has 1 N–H and O–H groups in total. The van der Waals surface area contributed by atoms with E-state index in [0.29, 0.717) is 23.8 Å². The van der Waals surface area contributed by atoms with E-state index in [4.69, 9.17) is 4.52 Å². The van der Waals surface area contributed by atoms with Gasteiger partial charge in [0.1, 0.15) is 11.9 Å². The molecule has 2 amide bonds. The van der Waals surface area contributed by atoms with E-state index >= 15 is 0 Å². The molecule has 1 atom stereocenters. The Bertz CT molecular complexity index is 627. The van der Waals surface area contributed by atoms with Crippen molar-refractivity contribution in [3.8, 4) is 11.4 Å². The molecule has 0 saturated heterocycles. The SMILES string of the molecule is CCCN(C)C(=O)NC(C)c1nc(-c2ccc(F)cc2)no1. The van der Waals surface area contributed by atoms with Crippen molar-refractivity contribution in [3.05, 3.63) is 36.0 Å². The first-order valence-electron chi connectivity index (χ1n) is 7.12. The summed E-state index contributed by atoms with van der Waals surface area (Å²) in [4.78, 5) is 17.7. The van der Waals surface area contributed by atoms with Crippen LogP contribution in [0.15, 0.2) is 28.8 Å². The molecule has 1 aromatic carbocycles. The van der Waals surface area contributed by atoms with Gasteiger partial charge in [-0.1, -0.05) is 12.1 Å². The van der Waals surface area contributed by atoms with Gasteiger partial charge in [0.2, 0.25) is 11.7 Å². The van der Waals surface area contributed by atoms with Crippen molar-refractivity contribution in [1.29, 1.82) is 0 Å². The van der Waals surface area contributed by atoms with Crippen LogP contribution in [-0.2, 0) is 0 Å². The zero-order valence-corrected chi connectivity index (χ0v) is 12.8. The van der Waals surface area contributed by atoms with Gasteiger partial charge in [0.15, 0.2) is 0 Å². The monoisotopic (exact) mass is 306 g/mol. The minimum absolute atomic E-state index is 0.198. The van der Waals surface area contributed by atoms with Gasteiger partial charge in [-0.3, -0.25) is 0 Å². The van der Waals surface area contributed by atoms with Gasteiger partial charge in [0, 0.05) is 19.2 Å². The molecule has 0 spiro atoms. The van der Waals surface area contributed by atoms with Gasteiger partial charge in [0.05, 0.1) is 0 Å². The summed E-state index contributed by atoms with van der Waals surface area (Å²) >= 11 is 0. The first-order valence-corrected chi connectivity index (χ1v) is 7.12. The molecule has 2 rings (SSSR count). The molecule has 0 fully saturated rings. The van der Waals surface area contributed by atoms with Crippen molar-refractivity contribution in [2.45, 2.75) is 26.3 Å². The van der Waals surface area contributed by atoms with Crippen LogP contribution in [0.4, 0.5) is 9.18 Å². The number of urea groups is 1. The van der Waals surface area contributed by atoms with Crippen molar-refractivity contribution in [2.75, 3.05) is 13.6 Å². The zero-order chi connectivity index (χ0) is 16.1. The van der Waals surface area contributed by atoms with Crippen LogP contribution in [0.25, 0.3) is 11.4 Å². The van der Waals surface area contributed by atoms with Crippen LogP contribution in [0.3, 0.4) is 0 Å². The van der Waals surface area contributed by atoms with Gasteiger partial charge in [-0.05, 0) is 37.6 Å². The molecule has 0 bridgehead atoms. The number of benzene rings is 1. The highest BCUT2D eigenvalue weighted by Gasteiger charge is 2.18. The Hall–Kier alpha value is -2.44. The highest BCUT2D eigenvalue weighted by molar-refractivity contribution is 5.74. The number of nitrogens with one attached hydrogen (secondary N) is 1. The molecule has 0 saturated carbocycles. The maximum atomic E-state index is 12.9. The normalized spacial score (nSPS) is 12.0. The zero-order valence-electron chi connectivity index (χ0n) is 12.8. The van der Waals surface area contributed by atoms with Gasteiger partial charge < -0.3 is 14.7 Å². The Morgan fingerprint density at radius 3 is 2.73 bits per heavy atom. The van der Waals surface area contributed by atoms with E-state index in [1.165, 1.54) is 12.1 Å². The first kappa shape index (κ1) is 15.9. The number of nitrogens with zero attached hydrogens (tertiary/aromatic N) is 3. The minimum Gasteiger partial charge on any atom is -0.337 e. The van der Waals surface area contributed by atoms with E-state index in [-0.39, 0.29) is 11.8 Å². The summed E-state index contributed by atoms with van der Waals surface area (Å²) in [7, 11) is 1.73. The summed E-state index contributed by atoms with van der Waals surface area (Å²) in [5.74, 6) is 0.336. The van der Waals surface area contributed by atoms with Crippen LogP contribution in [0.2, 0.25) is 0 Å². The smallest absolute Gasteiger partial charge is 0.317 e. The van der Waals surface area contributed by atoms with Crippen LogP contribution in [-0.4, -0.2) is 34.7 Å². The van der Waals surface area contributed by atoms with Gasteiger partial charge in [0.25, 0.3) is 0 Å². The number of carbonyl (C=O) groups is 1. The van der Waals surface area contributed by atoms with Crippen LogP contribution in [0.5, 0.6) is 0 Å². The Labute approximate surface area is 128 Å². The number of carbonyl (C=O) groups excluding carboxylic acids is 1. The third-order valence-corrected chi connectivity index (χ3v) is 3.16. The lowest BCUT2D eigenvalue weighted by atomic mass is 10.2. The lowest BCUT2D eigenvalue weighted by molar-refractivity contribution is 0.202. The average Bonchev–Trinajstić information content (AvgIpc) is 2.98. The fraction of sp³-hybridized carbons (Fsp3) is 0.400. The number of hydrogen-bond acceptors (Lipinski definition) is 4. The Kier molecular flexibility index (Phi) is 5.08. The third-order valence-electron chi connectivity index (χ3n) is 3.16. The Balaban J connectivity index is 2.04. The molecule has 0 aliphatic carbocycles. The predicted molar refractivity (Wildman–Crippen MR) is 79.6 cm³/mol. The highest BCUT2D eigenvalue weighted by atomic mass is 19.1. The van der Waals surface area contributed by atoms with Gasteiger partial charge in [-0.25, -0.2) is 9.18 Å². The standard InChI is InChI=1S/C15H19FN4O2/c1-4-9-20(3)15(21)17-10(2)14-18-13(19-22-14)11-5-7-12(16)8-6-11/h5-8,10H,4,9H2,1-3H3,(H,17,21). The molecular formula is C15H19FN4O2. The van der Waals surface area contributed by atoms with Crippen LogP contribution in [0.1, 0.15) is 32.2 Å². The molecule has 0 radical (unpaired) electrons. The van der Waals surface area contributed by atoms with Gasteiger partial charge in [-0.2, -0.15) is 4.98 Å². The quantitative estimate of drug-likeness (QED) is 0.922. The van der Waals surface area contributed by atoms with Crippen molar-refractivity contribution in [1.82, 2.24) is 20.4 Å². The molecule has 1 aromatic heterocycles. The second-order valence-corrected chi connectivity index (χ2v) is 5.06. The van der Waals surface area contributed by atoms with Crippen molar-refractivity contribution in [3.63, 3.8) is 0 Å². The topological polar surface area (TPSA) is 71.3 Å². The van der Waals surface area contributed by atoms with E-state index in [1.807, 2.05) is 6.92 Å².